The fraction of sp³-hybridized carbons (Fsp3) is 0.476. The van der Waals surface area contributed by atoms with E-state index in [-0.39, 0.29) is 6.42 Å². The monoisotopic (exact) mass is 451 g/mol. The number of aromatic amines is 1. The van der Waals surface area contributed by atoms with Crippen molar-refractivity contribution in [2.24, 2.45) is 22.9 Å². The molecule has 11 nitrogen and oxygen atoms in total. The van der Waals surface area contributed by atoms with Crippen molar-refractivity contribution in [1.29, 1.82) is 0 Å². The molecule has 0 aliphatic rings. The zero-order valence-corrected chi connectivity index (χ0v) is 18.1. The number of carboxylic acids is 1. The van der Waals surface area contributed by atoms with Crippen LogP contribution in [0.4, 0.5) is 0 Å². The maximum absolute atomic E-state index is 12.0. The molecule has 178 valence electrons. The Bertz CT molecular complexity index is 884. The van der Waals surface area contributed by atoms with Gasteiger partial charge in [-0.1, -0.05) is 24.6 Å². The van der Waals surface area contributed by atoms with Gasteiger partial charge in [0.25, 0.3) is 0 Å². The average Bonchev–Trinajstić information content (AvgIpc) is 3.16. The number of aliphatic carboxylic acids is 1. The summed E-state index contributed by atoms with van der Waals surface area (Å²) in [4.78, 5) is 36.8. The normalized spacial score (nSPS) is 14.6. The molecule has 0 saturated heterocycles. The quantitative estimate of drug-likeness (QED) is 0.137. The number of ether oxygens (including phenoxy) is 1. The van der Waals surface area contributed by atoms with Crippen molar-refractivity contribution >= 4 is 28.8 Å². The van der Waals surface area contributed by atoms with Crippen molar-refractivity contribution in [3.05, 3.63) is 36.0 Å². The fourth-order valence-electron chi connectivity index (χ4n) is 2.70. The number of aliphatic hydroxyl groups excluding tert-OH is 1. The lowest BCUT2D eigenvalue weighted by Gasteiger charge is -2.13. The first-order chi connectivity index (χ1) is 15.1. The van der Waals surface area contributed by atoms with Gasteiger partial charge in [-0.2, -0.15) is 0 Å². The van der Waals surface area contributed by atoms with Gasteiger partial charge in [-0.05, 0) is 37.9 Å². The van der Waals surface area contributed by atoms with Crippen LogP contribution in [0.15, 0.2) is 30.5 Å². The van der Waals surface area contributed by atoms with Gasteiger partial charge in [0.05, 0.1) is 6.10 Å². The van der Waals surface area contributed by atoms with Gasteiger partial charge >= 0.3 is 17.9 Å². The highest BCUT2D eigenvalue weighted by Crippen LogP contribution is 2.19. The summed E-state index contributed by atoms with van der Waals surface area (Å²) in [5.41, 5.74) is 23.7. The van der Waals surface area contributed by atoms with E-state index in [1.54, 1.807) is 6.20 Å². The van der Waals surface area contributed by atoms with Gasteiger partial charge in [0.2, 0.25) is 0 Å². The molecular weight excluding hydrogens is 418 g/mol. The number of para-hydroxylation sites is 1. The second-order valence-corrected chi connectivity index (χ2v) is 7.41. The molecule has 0 bridgehead atoms. The minimum atomic E-state index is -1.18. The average molecular weight is 452 g/mol. The number of esters is 2. The molecule has 1 aromatic carbocycles. The minimum Gasteiger partial charge on any atom is -0.480 e. The Labute approximate surface area is 186 Å². The van der Waals surface area contributed by atoms with Gasteiger partial charge < -0.3 is 42.9 Å². The Morgan fingerprint density at radius 2 is 1.69 bits per heavy atom. The molecule has 4 atom stereocenters. The second kappa shape index (κ2) is 13.6. The SMILES string of the molecule is C[C@@H](O)[C@H](N)C(=O)O.NCCCC[C@H](N)C(=O)OC(=O)[C@@H](N)Cc1c[nH]c2ccccc12. The first-order valence-corrected chi connectivity index (χ1v) is 10.3. The van der Waals surface area contributed by atoms with E-state index in [0.29, 0.717) is 19.4 Å². The molecule has 1 heterocycles. The number of carbonyl (C=O) groups is 3. The number of carbonyl (C=O) groups excluding carboxylic acids is 2. The third kappa shape index (κ3) is 8.73. The van der Waals surface area contributed by atoms with E-state index in [1.165, 1.54) is 6.92 Å². The fourth-order valence-corrected chi connectivity index (χ4v) is 2.70. The summed E-state index contributed by atoms with van der Waals surface area (Å²) in [6.45, 7) is 1.87. The molecule has 0 radical (unpaired) electrons. The maximum Gasteiger partial charge on any atom is 0.330 e. The molecule has 0 fully saturated rings. The molecule has 0 spiro atoms. The van der Waals surface area contributed by atoms with Crippen molar-refractivity contribution in [1.82, 2.24) is 4.98 Å². The summed E-state index contributed by atoms with van der Waals surface area (Å²) in [6, 6.07) is 4.79. The van der Waals surface area contributed by atoms with Crippen LogP contribution in [0.2, 0.25) is 0 Å². The number of carboxylic acid groups (broad SMARTS) is 1. The van der Waals surface area contributed by atoms with Gasteiger partial charge in [0.1, 0.15) is 18.1 Å². The van der Waals surface area contributed by atoms with E-state index < -0.39 is 42.1 Å². The Morgan fingerprint density at radius 1 is 1.06 bits per heavy atom. The third-order valence-corrected chi connectivity index (χ3v) is 4.70. The molecule has 0 saturated carbocycles. The largest absolute Gasteiger partial charge is 0.480 e. The standard InChI is InChI=1S/C17H24N4O3.C4H9NO3/c18-8-4-3-6-13(19)16(22)24-17(23)14(20)9-11-10-21-15-7-2-1-5-12(11)15;1-2(6)3(5)4(7)8/h1-2,5,7,10,13-14,21H,3-4,6,8-9,18-20H2;2-3,6H,5H2,1H3,(H,7,8)/t13-,14-;2-,3+/m01/s1. The lowest BCUT2D eigenvalue weighted by atomic mass is 10.1. The van der Waals surface area contributed by atoms with Crippen LogP contribution < -0.4 is 22.9 Å². The number of hydrogen-bond acceptors (Lipinski definition) is 9. The molecule has 11 N–H and O–H groups in total. The van der Waals surface area contributed by atoms with E-state index >= 15 is 0 Å². The smallest absolute Gasteiger partial charge is 0.330 e. The van der Waals surface area contributed by atoms with Crippen molar-refractivity contribution in [2.45, 2.75) is 56.8 Å². The van der Waals surface area contributed by atoms with Crippen LogP contribution in [0.5, 0.6) is 0 Å². The van der Waals surface area contributed by atoms with Gasteiger partial charge in [-0.15, -0.1) is 0 Å². The lowest BCUT2D eigenvalue weighted by Crippen LogP contribution is -2.40. The van der Waals surface area contributed by atoms with Crippen molar-refractivity contribution < 1.29 is 29.3 Å². The lowest BCUT2D eigenvalue weighted by molar-refractivity contribution is -0.161. The van der Waals surface area contributed by atoms with Crippen molar-refractivity contribution in [3.63, 3.8) is 0 Å². The molecule has 0 unspecified atom stereocenters. The minimum absolute atomic E-state index is 0.276. The number of aromatic nitrogens is 1. The van der Waals surface area contributed by atoms with Gasteiger partial charge in [-0.3, -0.25) is 4.79 Å². The highest BCUT2D eigenvalue weighted by Gasteiger charge is 2.24. The molecule has 0 aliphatic heterocycles. The molecule has 1 aromatic heterocycles. The number of aliphatic hydroxyl groups is 1. The van der Waals surface area contributed by atoms with Crippen LogP contribution in [0.1, 0.15) is 31.7 Å². The molecule has 2 rings (SSSR count). The van der Waals surface area contributed by atoms with Crippen LogP contribution in [0.25, 0.3) is 10.9 Å². The van der Waals surface area contributed by atoms with Gasteiger partial charge in [0.15, 0.2) is 0 Å². The number of unbranched alkanes of at least 4 members (excludes halogenated alkanes) is 1. The number of fused-ring (bicyclic) bond motifs is 1. The molecule has 32 heavy (non-hydrogen) atoms. The van der Waals surface area contributed by atoms with Crippen LogP contribution in [-0.4, -0.2) is 63.9 Å². The van der Waals surface area contributed by atoms with E-state index in [1.807, 2.05) is 24.3 Å². The zero-order valence-electron chi connectivity index (χ0n) is 18.1. The van der Waals surface area contributed by atoms with Crippen LogP contribution in [0.3, 0.4) is 0 Å². The Kier molecular flexibility index (Phi) is 11.5. The van der Waals surface area contributed by atoms with E-state index in [9.17, 15) is 14.4 Å². The summed E-state index contributed by atoms with van der Waals surface area (Å²) >= 11 is 0. The summed E-state index contributed by atoms with van der Waals surface area (Å²) in [5, 5.41) is 17.5. The topological polar surface area (TPSA) is 221 Å². The number of hydrogen-bond donors (Lipinski definition) is 7. The number of H-pyrrole nitrogens is 1. The predicted octanol–water partition coefficient (Wildman–Crippen LogP) is -0.657. The van der Waals surface area contributed by atoms with E-state index in [0.717, 1.165) is 22.9 Å². The molecule has 0 aliphatic carbocycles. The highest BCUT2D eigenvalue weighted by molar-refractivity contribution is 5.91. The summed E-state index contributed by atoms with van der Waals surface area (Å²) in [5.74, 6) is -2.69. The molecule has 11 heteroatoms. The third-order valence-electron chi connectivity index (χ3n) is 4.70. The highest BCUT2D eigenvalue weighted by atomic mass is 16.6. The molecule has 0 amide bonds. The maximum atomic E-state index is 12.0. The van der Waals surface area contributed by atoms with E-state index in [4.69, 9.17) is 37.9 Å². The first kappa shape index (κ1) is 27.2. The second-order valence-electron chi connectivity index (χ2n) is 7.41. The number of rotatable bonds is 10. The zero-order chi connectivity index (χ0) is 24.3. The molecule has 2 aromatic rings. The van der Waals surface area contributed by atoms with Crippen LogP contribution in [-0.2, 0) is 25.5 Å². The Morgan fingerprint density at radius 3 is 2.25 bits per heavy atom. The van der Waals surface area contributed by atoms with Crippen molar-refractivity contribution in [2.75, 3.05) is 6.54 Å². The Balaban J connectivity index is 0.000000547. The van der Waals surface area contributed by atoms with Crippen LogP contribution >= 0.6 is 0 Å². The van der Waals surface area contributed by atoms with Gasteiger partial charge in [0, 0.05) is 23.5 Å². The Hall–Kier alpha value is -2.83. The summed E-state index contributed by atoms with van der Waals surface area (Å²) in [6.07, 6.45) is 3.02. The summed E-state index contributed by atoms with van der Waals surface area (Å²) < 4.78 is 4.80. The van der Waals surface area contributed by atoms with Crippen LogP contribution in [0, 0.1) is 0 Å². The molecular formula is C21H33N5O6. The number of nitrogens with one attached hydrogen (secondary N) is 1. The summed E-state index contributed by atoms with van der Waals surface area (Å²) in [7, 11) is 0. The first-order valence-electron chi connectivity index (χ1n) is 10.3. The number of benzene rings is 1. The van der Waals surface area contributed by atoms with E-state index in [2.05, 4.69) is 4.98 Å². The van der Waals surface area contributed by atoms with Crippen molar-refractivity contribution in [3.8, 4) is 0 Å². The predicted molar refractivity (Wildman–Crippen MR) is 119 cm³/mol. The number of nitrogens with two attached hydrogens (primary N) is 4. The van der Waals surface area contributed by atoms with Gasteiger partial charge in [-0.25, -0.2) is 9.59 Å².